The Balaban J connectivity index is 2.56. The fourth-order valence-electron chi connectivity index (χ4n) is 2.43. The molecule has 1 aromatic carbocycles. The molecule has 1 amide bonds. The van der Waals surface area contributed by atoms with Crippen LogP contribution in [0.2, 0.25) is 0 Å². The molecule has 0 aliphatic rings. The molecule has 6 nitrogen and oxygen atoms in total. The van der Waals surface area contributed by atoms with Gasteiger partial charge in [-0.05, 0) is 31.9 Å². The van der Waals surface area contributed by atoms with Crippen LogP contribution in [-0.2, 0) is 22.7 Å². The molecule has 0 unspecified atom stereocenters. The number of likely N-dealkylation sites (N-methyl/N-ethyl adjacent to an activating group) is 1. The zero-order chi connectivity index (χ0) is 21.4. The number of ether oxygens (including phenoxy) is 1. The predicted octanol–water partition coefficient (Wildman–Crippen LogP) is 2.69. The Kier molecular flexibility index (Phi) is 8.74. The summed E-state index contributed by atoms with van der Waals surface area (Å²) >= 11 is 0. The fourth-order valence-corrected chi connectivity index (χ4v) is 2.43. The maximum Gasteiger partial charge on any atom is 0.411 e. The quantitative estimate of drug-likeness (QED) is 0.544. The number of hydrogen-bond donors (Lipinski definition) is 2. The second-order valence-corrected chi connectivity index (χ2v) is 7.48. The van der Waals surface area contributed by atoms with Crippen molar-refractivity contribution in [3.8, 4) is 0 Å². The van der Waals surface area contributed by atoms with E-state index in [-0.39, 0.29) is 24.6 Å². The standard InChI is InChI=1S/C19H29F3N4O2/c1-18(2,3)25-16(27)11-26(5)17(23-4)24-10-14-7-6-8-15(9-14)12-28-13-19(20,21)22/h6-9H,10-13H2,1-5H3,(H,23,24)(H,25,27). The van der Waals surface area contributed by atoms with Gasteiger partial charge in [0.05, 0.1) is 13.2 Å². The molecule has 0 atom stereocenters. The third-order valence-electron chi connectivity index (χ3n) is 3.45. The lowest BCUT2D eigenvalue weighted by molar-refractivity contribution is -0.176. The van der Waals surface area contributed by atoms with E-state index in [2.05, 4.69) is 20.4 Å². The van der Waals surface area contributed by atoms with Gasteiger partial charge in [0.1, 0.15) is 6.61 Å². The number of carbonyl (C=O) groups excluding carboxylic acids is 1. The number of nitrogens with zero attached hydrogens (tertiary/aromatic N) is 2. The zero-order valence-corrected chi connectivity index (χ0v) is 17.0. The lowest BCUT2D eigenvalue weighted by atomic mass is 10.1. The largest absolute Gasteiger partial charge is 0.411 e. The van der Waals surface area contributed by atoms with Crippen molar-refractivity contribution in [2.45, 2.75) is 45.6 Å². The molecule has 0 fully saturated rings. The Hall–Kier alpha value is -2.29. The summed E-state index contributed by atoms with van der Waals surface area (Å²) in [6.07, 6.45) is -4.34. The molecular weight excluding hydrogens is 373 g/mol. The number of aliphatic imine (C=N–C) groups is 1. The molecule has 0 aliphatic heterocycles. The van der Waals surface area contributed by atoms with Crippen molar-refractivity contribution in [3.63, 3.8) is 0 Å². The number of benzene rings is 1. The van der Waals surface area contributed by atoms with Gasteiger partial charge in [-0.2, -0.15) is 13.2 Å². The molecular formula is C19H29F3N4O2. The topological polar surface area (TPSA) is 66.0 Å². The summed E-state index contributed by atoms with van der Waals surface area (Å²) in [6, 6.07) is 7.08. The van der Waals surface area contributed by atoms with E-state index in [4.69, 9.17) is 0 Å². The summed E-state index contributed by atoms with van der Waals surface area (Å²) in [7, 11) is 3.36. The highest BCUT2D eigenvalue weighted by Gasteiger charge is 2.27. The van der Waals surface area contributed by atoms with E-state index in [1.165, 1.54) is 0 Å². The molecule has 0 heterocycles. The van der Waals surface area contributed by atoms with Crippen LogP contribution in [0.15, 0.2) is 29.3 Å². The lowest BCUT2D eigenvalue weighted by Crippen LogP contribution is -2.48. The van der Waals surface area contributed by atoms with E-state index in [9.17, 15) is 18.0 Å². The molecule has 0 bridgehead atoms. The third-order valence-corrected chi connectivity index (χ3v) is 3.45. The molecule has 1 rings (SSSR count). The molecule has 0 aliphatic carbocycles. The summed E-state index contributed by atoms with van der Waals surface area (Å²) in [5.74, 6) is 0.407. The molecule has 0 radical (unpaired) electrons. The highest BCUT2D eigenvalue weighted by Crippen LogP contribution is 2.16. The first kappa shape index (κ1) is 23.7. The SMILES string of the molecule is CN=C(NCc1cccc(COCC(F)(F)F)c1)N(C)CC(=O)NC(C)(C)C. The van der Waals surface area contributed by atoms with E-state index >= 15 is 0 Å². The molecule has 0 spiro atoms. The van der Waals surface area contributed by atoms with Crippen LogP contribution in [0, 0.1) is 0 Å². The van der Waals surface area contributed by atoms with Crippen LogP contribution in [0.4, 0.5) is 13.2 Å². The molecule has 1 aromatic rings. The highest BCUT2D eigenvalue weighted by molar-refractivity contribution is 5.86. The first-order chi connectivity index (χ1) is 12.9. The van der Waals surface area contributed by atoms with E-state index in [1.54, 1.807) is 37.2 Å². The van der Waals surface area contributed by atoms with Crippen LogP contribution < -0.4 is 10.6 Å². The number of alkyl halides is 3. The van der Waals surface area contributed by atoms with Gasteiger partial charge in [0, 0.05) is 26.2 Å². The van der Waals surface area contributed by atoms with E-state index in [0.29, 0.717) is 18.1 Å². The molecule has 0 saturated heterocycles. The Morgan fingerprint density at radius 1 is 1.21 bits per heavy atom. The summed E-state index contributed by atoms with van der Waals surface area (Å²) in [4.78, 5) is 17.9. The minimum absolute atomic E-state index is 0.116. The minimum atomic E-state index is -4.34. The molecule has 158 valence electrons. The normalized spacial score (nSPS) is 12.6. The molecule has 9 heteroatoms. The van der Waals surface area contributed by atoms with Gasteiger partial charge in [-0.25, -0.2) is 0 Å². The van der Waals surface area contributed by atoms with Crippen LogP contribution in [0.3, 0.4) is 0 Å². The van der Waals surface area contributed by atoms with Gasteiger partial charge < -0.3 is 20.3 Å². The Labute approximate surface area is 164 Å². The van der Waals surface area contributed by atoms with Crippen molar-refractivity contribution in [3.05, 3.63) is 35.4 Å². The summed E-state index contributed by atoms with van der Waals surface area (Å²) < 4.78 is 41.2. The molecule has 0 aromatic heterocycles. The number of hydrogen-bond acceptors (Lipinski definition) is 3. The molecule has 28 heavy (non-hydrogen) atoms. The smallest absolute Gasteiger partial charge is 0.367 e. The minimum Gasteiger partial charge on any atom is -0.367 e. The van der Waals surface area contributed by atoms with Crippen molar-refractivity contribution in [2.75, 3.05) is 27.2 Å². The second-order valence-electron chi connectivity index (χ2n) is 7.48. The fraction of sp³-hybridized carbons (Fsp3) is 0.579. The van der Waals surface area contributed by atoms with Crippen LogP contribution in [0.25, 0.3) is 0 Å². The average Bonchev–Trinajstić information content (AvgIpc) is 2.52. The van der Waals surface area contributed by atoms with Gasteiger partial charge in [0.15, 0.2) is 5.96 Å². The van der Waals surface area contributed by atoms with Crippen LogP contribution in [-0.4, -0.2) is 55.7 Å². The van der Waals surface area contributed by atoms with E-state index < -0.39 is 12.8 Å². The van der Waals surface area contributed by atoms with Gasteiger partial charge in [0.2, 0.25) is 5.91 Å². The monoisotopic (exact) mass is 402 g/mol. The Morgan fingerprint density at radius 2 is 1.86 bits per heavy atom. The number of halogens is 3. The maximum absolute atomic E-state index is 12.2. The molecule has 0 saturated carbocycles. The Morgan fingerprint density at radius 3 is 2.43 bits per heavy atom. The van der Waals surface area contributed by atoms with E-state index in [0.717, 1.165) is 5.56 Å². The number of amides is 1. The van der Waals surface area contributed by atoms with Gasteiger partial charge >= 0.3 is 6.18 Å². The number of carbonyl (C=O) groups is 1. The van der Waals surface area contributed by atoms with Gasteiger partial charge in [-0.3, -0.25) is 9.79 Å². The van der Waals surface area contributed by atoms with Gasteiger partial charge in [-0.1, -0.05) is 24.3 Å². The van der Waals surface area contributed by atoms with Crippen LogP contribution in [0.1, 0.15) is 31.9 Å². The first-order valence-corrected chi connectivity index (χ1v) is 8.85. The number of guanidine groups is 1. The van der Waals surface area contributed by atoms with Crippen molar-refractivity contribution in [2.24, 2.45) is 4.99 Å². The maximum atomic E-state index is 12.2. The van der Waals surface area contributed by atoms with Crippen LogP contribution in [0.5, 0.6) is 0 Å². The summed E-state index contributed by atoms with van der Waals surface area (Å²) in [6.45, 7) is 4.88. The van der Waals surface area contributed by atoms with Gasteiger partial charge in [0.25, 0.3) is 0 Å². The van der Waals surface area contributed by atoms with Crippen molar-refractivity contribution in [1.82, 2.24) is 15.5 Å². The van der Waals surface area contributed by atoms with Crippen LogP contribution >= 0.6 is 0 Å². The number of rotatable bonds is 7. The van der Waals surface area contributed by atoms with Crippen molar-refractivity contribution in [1.29, 1.82) is 0 Å². The zero-order valence-electron chi connectivity index (χ0n) is 17.0. The summed E-state index contributed by atoms with van der Waals surface area (Å²) in [5.41, 5.74) is 1.20. The van der Waals surface area contributed by atoms with Crippen molar-refractivity contribution < 1.29 is 22.7 Å². The Bertz CT molecular complexity index is 670. The second kappa shape index (κ2) is 10.3. The van der Waals surface area contributed by atoms with Crippen molar-refractivity contribution >= 4 is 11.9 Å². The third kappa shape index (κ3) is 10.1. The predicted molar refractivity (Wildman–Crippen MR) is 103 cm³/mol. The molecule has 2 N–H and O–H groups in total. The summed E-state index contributed by atoms with van der Waals surface area (Å²) in [5, 5.41) is 6.02. The lowest BCUT2D eigenvalue weighted by Gasteiger charge is -2.25. The highest BCUT2D eigenvalue weighted by atomic mass is 19.4. The first-order valence-electron chi connectivity index (χ1n) is 8.85. The number of nitrogens with one attached hydrogen (secondary N) is 2. The average molecular weight is 402 g/mol. The van der Waals surface area contributed by atoms with E-state index in [1.807, 2.05) is 26.8 Å². The van der Waals surface area contributed by atoms with Gasteiger partial charge in [-0.15, -0.1) is 0 Å².